The molecule has 0 fully saturated rings. The van der Waals surface area contributed by atoms with Crippen LogP contribution in [0.5, 0.6) is 0 Å². The van der Waals surface area contributed by atoms with Crippen LogP contribution in [0, 0.1) is 122 Å². The van der Waals surface area contributed by atoms with Crippen molar-refractivity contribution in [1.29, 1.82) is 5.26 Å². The fourth-order valence-electron chi connectivity index (χ4n) is 11.9. The molecule has 5 nitrogen and oxygen atoms in total. The van der Waals surface area contributed by atoms with Crippen molar-refractivity contribution in [2.24, 2.45) is 0 Å². The second-order valence-electron chi connectivity index (χ2n) is 20.5. The van der Waals surface area contributed by atoms with E-state index in [0.717, 1.165) is 52.3 Å². The maximum atomic E-state index is 12.3. The number of hydrogen-bond donors (Lipinski definition) is 0. The van der Waals surface area contributed by atoms with Crippen LogP contribution in [0.15, 0.2) is 78.9 Å². The number of anilines is 6. The molecule has 0 radical (unpaired) electrons. The lowest BCUT2D eigenvalue weighted by atomic mass is 9.80. The van der Waals surface area contributed by atoms with Crippen LogP contribution in [0.1, 0.15) is 117 Å². The van der Waals surface area contributed by atoms with E-state index in [9.17, 15) is 5.26 Å². The van der Waals surface area contributed by atoms with Gasteiger partial charge in [0.05, 0.1) is 45.5 Å². The van der Waals surface area contributed by atoms with Crippen molar-refractivity contribution in [2.75, 3.05) is 9.80 Å². The Morgan fingerprint density at radius 3 is 0.929 bits per heavy atom. The van der Waals surface area contributed by atoms with E-state index in [0.29, 0.717) is 11.4 Å². The van der Waals surface area contributed by atoms with Crippen molar-refractivity contribution in [2.45, 2.75) is 124 Å². The minimum absolute atomic E-state index is 0.601. The first-order chi connectivity index (χ1) is 33.4. The summed E-state index contributed by atoms with van der Waals surface area (Å²) >= 11 is 0. The van der Waals surface area contributed by atoms with Crippen LogP contribution in [-0.2, 0) is 12.8 Å². The summed E-state index contributed by atoms with van der Waals surface area (Å²) in [5, 5.41) is 12.3. The van der Waals surface area contributed by atoms with E-state index in [1.165, 1.54) is 134 Å². The second-order valence-corrected chi connectivity index (χ2v) is 20.5. The van der Waals surface area contributed by atoms with Gasteiger partial charge in [-0.15, -0.1) is 0 Å². The Morgan fingerprint density at radius 2 is 0.643 bits per heavy atom. The lowest BCUT2D eigenvalue weighted by Crippen LogP contribution is -2.27. The van der Waals surface area contributed by atoms with E-state index in [-0.39, 0.29) is 0 Å². The molecule has 10 rings (SSSR count). The highest BCUT2D eigenvalue weighted by atomic mass is 15.2. The second kappa shape index (κ2) is 17.0. The molecule has 350 valence electrons. The Bertz CT molecular complexity index is 3240. The zero-order valence-corrected chi connectivity index (χ0v) is 44.2. The minimum Gasteiger partial charge on any atom is -0.308 e. The fourth-order valence-corrected chi connectivity index (χ4v) is 11.9. The molecule has 2 aliphatic rings. The Hall–Kier alpha value is -7.29. The van der Waals surface area contributed by atoms with Crippen molar-refractivity contribution in [3.05, 3.63) is 196 Å². The minimum atomic E-state index is 0.601. The molecule has 0 unspecified atom stereocenters. The molecular formula is C65H65N5. The van der Waals surface area contributed by atoms with Crippen LogP contribution in [0.25, 0.3) is 33.9 Å². The van der Waals surface area contributed by atoms with Gasteiger partial charge >= 0.3 is 0 Å². The third-order valence-electron chi connectivity index (χ3n) is 17.5. The van der Waals surface area contributed by atoms with Crippen LogP contribution in [0.4, 0.5) is 34.1 Å². The summed E-state index contributed by atoms with van der Waals surface area (Å²) in [4.78, 5) is 16.0. The van der Waals surface area contributed by atoms with E-state index >= 15 is 0 Å². The van der Waals surface area contributed by atoms with Crippen LogP contribution < -0.4 is 9.80 Å². The predicted octanol–water partition coefficient (Wildman–Crippen LogP) is 17.0. The third kappa shape index (κ3) is 6.78. The van der Waals surface area contributed by atoms with Crippen LogP contribution in [0.3, 0.4) is 0 Å². The van der Waals surface area contributed by atoms with E-state index in [4.69, 9.17) is 9.97 Å². The molecule has 5 heteroatoms. The summed E-state index contributed by atoms with van der Waals surface area (Å²) in [6.45, 7) is 36.4. The van der Waals surface area contributed by atoms with Gasteiger partial charge in [-0.2, -0.15) is 5.26 Å². The Balaban J connectivity index is 1.43. The molecule has 0 bridgehead atoms. The van der Waals surface area contributed by atoms with Gasteiger partial charge in [-0.3, -0.25) is 0 Å². The highest BCUT2D eigenvalue weighted by Crippen LogP contribution is 2.57. The Kier molecular flexibility index (Phi) is 11.3. The summed E-state index contributed by atoms with van der Waals surface area (Å²) in [5.74, 6) is 0.601. The highest BCUT2D eigenvalue weighted by Gasteiger charge is 2.38. The summed E-state index contributed by atoms with van der Waals surface area (Å²) in [5.41, 5.74) is 37.2. The quantitative estimate of drug-likeness (QED) is 0.172. The SMILES string of the molecule is Cc1c(C)c(C)c2c(c1C)Cc1c(C)c(C)c(C)c(C)c1N2c1cc(-c2nc(-c3ccccc3)cc(-c3ccccc3)n2)cc(N2c3c(C)c(C)c(C)c(C)c3Cc3c(C)c(C)c(C)c(C)c32)c1C#N. The molecule has 7 aromatic carbocycles. The summed E-state index contributed by atoms with van der Waals surface area (Å²) < 4.78 is 0. The van der Waals surface area contributed by atoms with Crippen LogP contribution in [-0.4, -0.2) is 9.97 Å². The maximum Gasteiger partial charge on any atom is 0.160 e. The first-order valence-electron chi connectivity index (χ1n) is 24.9. The van der Waals surface area contributed by atoms with Crippen molar-refractivity contribution in [3.63, 3.8) is 0 Å². The molecule has 0 atom stereocenters. The third-order valence-corrected chi connectivity index (χ3v) is 17.5. The molecule has 0 spiro atoms. The maximum absolute atomic E-state index is 12.3. The number of nitrogens with zero attached hydrogens (tertiary/aromatic N) is 5. The van der Waals surface area contributed by atoms with Gasteiger partial charge in [-0.05, 0) is 240 Å². The van der Waals surface area contributed by atoms with E-state index in [1.54, 1.807) is 0 Å². The number of nitriles is 1. The molecule has 0 saturated carbocycles. The van der Waals surface area contributed by atoms with Gasteiger partial charge in [0.25, 0.3) is 0 Å². The molecule has 3 heterocycles. The first-order valence-corrected chi connectivity index (χ1v) is 24.9. The van der Waals surface area contributed by atoms with Gasteiger partial charge in [-0.1, -0.05) is 60.7 Å². The lowest BCUT2D eigenvalue weighted by molar-refractivity contribution is 0.987. The molecule has 0 amide bonds. The van der Waals surface area contributed by atoms with Gasteiger partial charge < -0.3 is 9.80 Å². The summed E-state index contributed by atoms with van der Waals surface area (Å²) in [7, 11) is 0. The van der Waals surface area contributed by atoms with Crippen molar-refractivity contribution in [3.8, 4) is 40.0 Å². The van der Waals surface area contributed by atoms with Gasteiger partial charge in [-0.25, -0.2) is 9.97 Å². The molecule has 2 aliphatic heterocycles. The molecule has 0 saturated heterocycles. The van der Waals surface area contributed by atoms with Gasteiger partial charge in [0.15, 0.2) is 5.82 Å². The van der Waals surface area contributed by atoms with Gasteiger partial charge in [0.2, 0.25) is 0 Å². The van der Waals surface area contributed by atoms with E-state index in [2.05, 4.69) is 193 Å². The Morgan fingerprint density at radius 1 is 0.357 bits per heavy atom. The van der Waals surface area contributed by atoms with Crippen molar-refractivity contribution in [1.82, 2.24) is 9.97 Å². The van der Waals surface area contributed by atoms with E-state index in [1.807, 2.05) is 12.1 Å². The monoisotopic (exact) mass is 916 g/mol. The largest absolute Gasteiger partial charge is 0.308 e. The van der Waals surface area contributed by atoms with Gasteiger partial charge in [0, 0.05) is 29.5 Å². The number of aromatic nitrogens is 2. The molecule has 1 aromatic heterocycles. The molecule has 8 aromatic rings. The number of hydrogen-bond acceptors (Lipinski definition) is 5. The smallest absolute Gasteiger partial charge is 0.160 e. The molecule has 70 heavy (non-hydrogen) atoms. The number of rotatable bonds is 5. The normalized spacial score (nSPS) is 12.7. The number of benzene rings is 7. The molecule has 0 N–H and O–H groups in total. The molecular weight excluding hydrogens is 851 g/mol. The topological polar surface area (TPSA) is 56.1 Å². The Labute approximate surface area is 416 Å². The van der Waals surface area contributed by atoms with Crippen molar-refractivity contribution < 1.29 is 0 Å². The number of fused-ring (bicyclic) bond motifs is 4. The van der Waals surface area contributed by atoms with Crippen LogP contribution in [0.2, 0.25) is 0 Å². The van der Waals surface area contributed by atoms with E-state index < -0.39 is 0 Å². The van der Waals surface area contributed by atoms with Crippen LogP contribution >= 0.6 is 0 Å². The highest BCUT2D eigenvalue weighted by molar-refractivity contribution is 5.99. The zero-order chi connectivity index (χ0) is 49.9. The summed E-state index contributed by atoms with van der Waals surface area (Å²) in [6, 6.07) is 30.4. The fraction of sp³-hybridized carbons (Fsp3) is 0.277. The van der Waals surface area contributed by atoms with Gasteiger partial charge in [0.1, 0.15) is 11.6 Å². The van der Waals surface area contributed by atoms with Crippen molar-refractivity contribution >= 4 is 34.1 Å². The first kappa shape index (κ1) is 46.4. The summed E-state index contributed by atoms with van der Waals surface area (Å²) in [6.07, 6.45) is 1.64. The predicted molar refractivity (Wildman–Crippen MR) is 294 cm³/mol. The standard InChI is InChI=1S/C65H65N5/c1-33-37(5)45(13)61-52(41(33)9)29-53-42(10)34(2)38(6)46(14)62(53)69(61)59-27-51(65-67-57(49-23-19-17-20-24-49)31-58(68-65)50-25-21-18-22-26-50)28-60(56(59)32-66)70-63-47(15)39(7)35(3)43(11)54(63)30-55-44(12)36(4)40(8)48(16)64(55)70/h17-28,31H,29-30H2,1-16H3. The lowest BCUT2D eigenvalue weighted by Gasteiger charge is -2.42. The average molecular weight is 916 g/mol. The zero-order valence-electron chi connectivity index (χ0n) is 44.2. The molecule has 0 aliphatic carbocycles. The average Bonchev–Trinajstić information content (AvgIpc) is 3.39.